The summed E-state index contributed by atoms with van der Waals surface area (Å²) in [6.07, 6.45) is 11.2. The van der Waals surface area contributed by atoms with E-state index in [0.29, 0.717) is 5.92 Å². The molecule has 0 spiro atoms. The molecule has 0 aliphatic heterocycles. The van der Waals surface area contributed by atoms with Crippen LogP contribution in [0.15, 0.2) is 143 Å². The third-order valence-corrected chi connectivity index (χ3v) is 7.62. The fraction of sp³-hybridized carbons (Fsp3) is 0.235. The van der Waals surface area contributed by atoms with Crippen molar-refractivity contribution in [3.8, 4) is 0 Å². The van der Waals surface area contributed by atoms with Crippen molar-refractivity contribution in [2.24, 2.45) is 11.3 Å². The van der Waals surface area contributed by atoms with Crippen LogP contribution in [0.2, 0.25) is 0 Å². The summed E-state index contributed by atoms with van der Waals surface area (Å²) in [7, 11) is 0. The first-order valence-corrected chi connectivity index (χ1v) is 12.5. The van der Waals surface area contributed by atoms with Gasteiger partial charge in [-0.3, -0.25) is 0 Å². The standard InChI is InChI=1S/C34H37N/c1-8-32-31(27(5)33(34(32,6)7)23-28-22-24(2)25(3)26(28)4)20-15-21-35(29-16-11-9-12-17-29)30-18-13-10-14-19-30/h8-20,22-23,25H,1,4,21H2,2-3,5-7H3/b20-15-,28-23-. The van der Waals surface area contributed by atoms with Crippen molar-refractivity contribution < 1.29 is 0 Å². The van der Waals surface area contributed by atoms with Gasteiger partial charge in [-0.05, 0) is 71.6 Å². The van der Waals surface area contributed by atoms with Crippen LogP contribution in [-0.2, 0) is 0 Å². The van der Waals surface area contributed by atoms with Crippen molar-refractivity contribution in [1.29, 1.82) is 0 Å². The zero-order valence-electron chi connectivity index (χ0n) is 21.8. The van der Waals surface area contributed by atoms with Gasteiger partial charge in [0.15, 0.2) is 0 Å². The van der Waals surface area contributed by atoms with Crippen LogP contribution in [0.5, 0.6) is 0 Å². The number of nitrogens with zero attached hydrogens (tertiary/aromatic N) is 1. The Morgan fingerprint density at radius 2 is 1.49 bits per heavy atom. The highest BCUT2D eigenvalue weighted by molar-refractivity contribution is 5.66. The molecular formula is C34H37N. The van der Waals surface area contributed by atoms with E-state index >= 15 is 0 Å². The Balaban J connectivity index is 1.68. The summed E-state index contributed by atoms with van der Waals surface area (Å²) in [5, 5.41) is 0. The van der Waals surface area contributed by atoms with Gasteiger partial charge in [0.1, 0.15) is 0 Å². The topological polar surface area (TPSA) is 3.24 Å². The van der Waals surface area contributed by atoms with Crippen molar-refractivity contribution in [3.63, 3.8) is 0 Å². The fourth-order valence-electron chi connectivity index (χ4n) is 5.30. The molecule has 0 radical (unpaired) electrons. The lowest BCUT2D eigenvalue weighted by Gasteiger charge is -2.25. The van der Waals surface area contributed by atoms with Gasteiger partial charge in [0.2, 0.25) is 0 Å². The molecule has 0 amide bonds. The molecule has 178 valence electrons. The molecule has 4 rings (SSSR count). The number of rotatable bonds is 7. The van der Waals surface area contributed by atoms with E-state index in [2.05, 4.69) is 138 Å². The summed E-state index contributed by atoms with van der Waals surface area (Å²) in [6, 6.07) is 21.1. The largest absolute Gasteiger partial charge is 0.338 e. The Hall–Kier alpha value is -3.58. The SMILES string of the molecule is C=CC1=C(/C=C\CN(c2ccccc2)c2ccccc2)C(C)=C(/C=C2/C=C(C)C(C)C2=C)C1(C)C. The van der Waals surface area contributed by atoms with E-state index in [1.54, 1.807) is 0 Å². The van der Waals surface area contributed by atoms with Crippen molar-refractivity contribution in [2.45, 2.75) is 34.6 Å². The maximum Gasteiger partial charge on any atom is 0.0415 e. The molecule has 0 fully saturated rings. The van der Waals surface area contributed by atoms with Crippen LogP contribution in [-0.4, -0.2) is 6.54 Å². The molecule has 1 heteroatoms. The predicted molar refractivity (Wildman–Crippen MR) is 153 cm³/mol. The van der Waals surface area contributed by atoms with E-state index in [0.717, 1.165) is 6.54 Å². The van der Waals surface area contributed by atoms with E-state index in [1.165, 1.54) is 50.4 Å². The second-order valence-corrected chi connectivity index (χ2v) is 10.1. The summed E-state index contributed by atoms with van der Waals surface area (Å²) in [4.78, 5) is 2.34. The normalized spacial score (nSPS) is 20.8. The highest BCUT2D eigenvalue weighted by Crippen LogP contribution is 2.49. The molecule has 2 aromatic rings. The van der Waals surface area contributed by atoms with Crippen LogP contribution in [0.3, 0.4) is 0 Å². The zero-order chi connectivity index (χ0) is 25.2. The van der Waals surface area contributed by atoms with Crippen LogP contribution in [0.25, 0.3) is 0 Å². The van der Waals surface area contributed by atoms with E-state index < -0.39 is 0 Å². The van der Waals surface area contributed by atoms with Gasteiger partial charge in [0.25, 0.3) is 0 Å². The van der Waals surface area contributed by atoms with Crippen molar-refractivity contribution in [1.82, 2.24) is 0 Å². The fourth-order valence-corrected chi connectivity index (χ4v) is 5.30. The molecule has 0 N–H and O–H groups in total. The van der Waals surface area contributed by atoms with E-state index in [-0.39, 0.29) is 5.41 Å². The minimum absolute atomic E-state index is 0.106. The van der Waals surface area contributed by atoms with Gasteiger partial charge < -0.3 is 4.90 Å². The van der Waals surface area contributed by atoms with Crippen LogP contribution >= 0.6 is 0 Å². The Labute approximate surface area is 211 Å². The lowest BCUT2D eigenvalue weighted by Crippen LogP contribution is -2.16. The molecule has 1 atom stereocenters. The average molecular weight is 460 g/mol. The molecule has 0 bridgehead atoms. The smallest absolute Gasteiger partial charge is 0.0415 e. The predicted octanol–water partition coefficient (Wildman–Crippen LogP) is 9.30. The van der Waals surface area contributed by atoms with Gasteiger partial charge in [-0.15, -0.1) is 0 Å². The quantitative estimate of drug-likeness (QED) is 0.399. The first-order chi connectivity index (χ1) is 16.8. The van der Waals surface area contributed by atoms with Crippen LogP contribution in [0, 0.1) is 11.3 Å². The number of hydrogen-bond acceptors (Lipinski definition) is 1. The van der Waals surface area contributed by atoms with Crippen LogP contribution < -0.4 is 4.90 Å². The van der Waals surface area contributed by atoms with Crippen molar-refractivity contribution >= 4 is 11.4 Å². The van der Waals surface area contributed by atoms with Gasteiger partial charge in [0.05, 0.1) is 0 Å². The molecule has 1 nitrogen and oxygen atoms in total. The number of benzene rings is 2. The van der Waals surface area contributed by atoms with Gasteiger partial charge >= 0.3 is 0 Å². The molecule has 2 aromatic carbocycles. The number of para-hydroxylation sites is 2. The van der Waals surface area contributed by atoms with Gasteiger partial charge in [0, 0.05) is 29.3 Å². The number of hydrogen-bond donors (Lipinski definition) is 0. The second kappa shape index (κ2) is 9.96. The third kappa shape index (κ3) is 4.68. The second-order valence-electron chi connectivity index (χ2n) is 10.1. The van der Waals surface area contributed by atoms with E-state index in [1.807, 2.05) is 6.08 Å². The molecular weight excluding hydrogens is 422 g/mol. The van der Waals surface area contributed by atoms with Gasteiger partial charge in [-0.2, -0.15) is 0 Å². The van der Waals surface area contributed by atoms with Crippen molar-refractivity contribution in [3.05, 3.63) is 143 Å². The summed E-state index contributed by atoms with van der Waals surface area (Å²) in [6.45, 7) is 20.6. The summed E-state index contributed by atoms with van der Waals surface area (Å²) >= 11 is 0. The lowest BCUT2D eigenvalue weighted by molar-refractivity contribution is 0.575. The monoisotopic (exact) mass is 459 g/mol. The Kier molecular flexibility index (Phi) is 6.98. The minimum Gasteiger partial charge on any atom is -0.338 e. The summed E-state index contributed by atoms with van der Waals surface area (Å²) in [5.41, 5.74) is 11.3. The Morgan fingerprint density at radius 1 is 0.914 bits per heavy atom. The molecule has 2 aliphatic carbocycles. The molecule has 0 saturated carbocycles. The number of allylic oxidation sites excluding steroid dienone is 11. The summed E-state index contributed by atoms with van der Waals surface area (Å²) < 4.78 is 0. The minimum atomic E-state index is -0.106. The highest BCUT2D eigenvalue weighted by atomic mass is 15.1. The average Bonchev–Trinajstić information content (AvgIpc) is 3.21. The first-order valence-electron chi connectivity index (χ1n) is 12.5. The lowest BCUT2D eigenvalue weighted by atomic mass is 9.79. The van der Waals surface area contributed by atoms with Crippen LogP contribution in [0.4, 0.5) is 11.4 Å². The van der Waals surface area contributed by atoms with Gasteiger partial charge in [-0.25, -0.2) is 0 Å². The van der Waals surface area contributed by atoms with E-state index in [9.17, 15) is 0 Å². The van der Waals surface area contributed by atoms with Crippen LogP contribution in [0.1, 0.15) is 34.6 Å². The molecule has 0 aromatic heterocycles. The first kappa shape index (κ1) is 24.5. The summed E-state index contributed by atoms with van der Waals surface area (Å²) in [5.74, 6) is 0.417. The number of anilines is 2. The van der Waals surface area contributed by atoms with Crippen molar-refractivity contribution in [2.75, 3.05) is 11.4 Å². The maximum absolute atomic E-state index is 4.37. The zero-order valence-corrected chi connectivity index (χ0v) is 21.8. The molecule has 0 heterocycles. The third-order valence-electron chi connectivity index (χ3n) is 7.62. The van der Waals surface area contributed by atoms with E-state index in [4.69, 9.17) is 0 Å². The molecule has 2 aliphatic rings. The Bertz CT molecular complexity index is 1240. The Morgan fingerprint density at radius 3 is 1.97 bits per heavy atom. The van der Waals surface area contributed by atoms with Gasteiger partial charge in [-0.1, -0.05) is 106 Å². The molecule has 1 unspecified atom stereocenters. The molecule has 35 heavy (non-hydrogen) atoms. The maximum atomic E-state index is 4.37. The highest BCUT2D eigenvalue weighted by Gasteiger charge is 2.35. The molecule has 0 saturated heterocycles.